The van der Waals surface area contributed by atoms with E-state index in [0.29, 0.717) is 12.2 Å². The van der Waals surface area contributed by atoms with E-state index in [1.807, 2.05) is 49.4 Å². The molecule has 0 aliphatic heterocycles. The van der Waals surface area contributed by atoms with E-state index in [1.54, 1.807) is 0 Å². The summed E-state index contributed by atoms with van der Waals surface area (Å²) in [5.74, 6) is -0.255. The standard InChI is InChI=1S/C19H18BrNO2/c1-2-23-19(22)18-15-10-6-7-11-16(15)21(17(18)12-13-20)14-8-4-3-5-9-14/h3-11H,2,12-13H2,1H3. The first-order valence-electron chi connectivity index (χ1n) is 7.68. The normalized spacial score (nSPS) is 10.9. The minimum Gasteiger partial charge on any atom is -0.462 e. The average Bonchev–Trinajstić information content (AvgIpc) is 2.90. The summed E-state index contributed by atoms with van der Waals surface area (Å²) in [5, 5.41) is 1.72. The van der Waals surface area contributed by atoms with Gasteiger partial charge >= 0.3 is 5.97 Å². The number of hydrogen-bond acceptors (Lipinski definition) is 2. The number of hydrogen-bond donors (Lipinski definition) is 0. The van der Waals surface area contributed by atoms with Gasteiger partial charge in [-0.05, 0) is 31.5 Å². The molecule has 0 saturated carbocycles. The molecule has 0 aliphatic carbocycles. The van der Waals surface area contributed by atoms with Crippen molar-refractivity contribution >= 4 is 32.8 Å². The van der Waals surface area contributed by atoms with Crippen molar-refractivity contribution in [2.75, 3.05) is 11.9 Å². The largest absolute Gasteiger partial charge is 0.462 e. The monoisotopic (exact) mass is 371 g/mol. The van der Waals surface area contributed by atoms with Gasteiger partial charge in [-0.15, -0.1) is 0 Å². The molecule has 0 saturated heterocycles. The minimum absolute atomic E-state index is 0.255. The SMILES string of the molecule is CCOC(=O)c1c(CCBr)n(-c2ccccc2)c2ccccc12. The molecule has 4 heteroatoms. The third-order valence-corrected chi connectivity index (χ3v) is 4.19. The molecule has 1 heterocycles. The van der Waals surface area contributed by atoms with Crippen LogP contribution in [-0.2, 0) is 11.2 Å². The van der Waals surface area contributed by atoms with E-state index in [4.69, 9.17) is 4.74 Å². The molecule has 0 unspecified atom stereocenters. The van der Waals surface area contributed by atoms with E-state index in [-0.39, 0.29) is 5.97 Å². The Morgan fingerprint density at radius 2 is 1.78 bits per heavy atom. The first-order chi connectivity index (χ1) is 11.3. The number of halogens is 1. The maximum atomic E-state index is 12.5. The van der Waals surface area contributed by atoms with Crippen molar-refractivity contribution in [1.29, 1.82) is 0 Å². The summed E-state index contributed by atoms with van der Waals surface area (Å²) in [7, 11) is 0. The number of carbonyl (C=O) groups excluding carboxylic acids is 1. The average molecular weight is 372 g/mol. The Labute approximate surface area is 144 Å². The molecule has 0 aliphatic rings. The van der Waals surface area contributed by atoms with Crippen LogP contribution in [0.15, 0.2) is 54.6 Å². The lowest BCUT2D eigenvalue weighted by molar-refractivity contribution is 0.0527. The molecule has 3 aromatic rings. The Balaban J connectivity index is 2.34. The molecule has 0 fully saturated rings. The summed E-state index contributed by atoms with van der Waals surface area (Å²) in [6.07, 6.45) is 0.748. The van der Waals surface area contributed by atoms with Gasteiger partial charge < -0.3 is 9.30 Å². The molecule has 2 aromatic carbocycles. The fourth-order valence-electron chi connectivity index (χ4n) is 2.92. The molecule has 0 bridgehead atoms. The van der Waals surface area contributed by atoms with Crippen LogP contribution in [0.3, 0.4) is 0 Å². The predicted molar refractivity (Wildman–Crippen MR) is 96.7 cm³/mol. The second kappa shape index (κ2) is 7.01. The lowest BCUT2D eigenvalue weighted by Crippen LogP contribution is -2.10. The number of fused-ring (bicyclic) bond motifs is 1. The second-order valence-corrected chi connectivity index (χ2v) is 5.96. The number of nitrogens with zero attached hydrogens (tertiary/aromatic N) is 1. The highest BCUT2D eigenvalue weighted by Crippen LogP contribution is 2.31. The molecule has 0 spiro atoms. The van der Waals surface area contributed by atoms with Crippen LogP contribution in [0.2, 0.25) is 0 Å². The third kappa shape index (κ3) is 2.91. The van der Waals surface area contributed by atoms with Gasteiger partial charge in [0.15, 0.2) is 0 Å². The zero-order valence-electron chi connectivity index (χ0n) is 13.0. The number of ether oxygens (including phenoxy) is 1. The molecular formula is C19H18BrNO2. The van der Waals surface area contributed by atoms with Gasteiger partial charge in [0, 0.05) is 22.1 Å². The highest BCUT2D eigenvalue weighted by atomic mass is 79.9. The van der Waals surface area contributed by atoms with Gasteiger partial charge in [-0.3, -0.25) is 0 Å². The van der Waals surface area contributed by atoms with Crippen molar-refractivity contribution < 1.29 is 9.53 Å². The number of alkyl halides is 1. The molecule has 0 atom stereocenters. The van der Waals surface area contributed by atoms with E-state index in [1.165, 1.54) is 0 Å². The predicted octanol–water partition coefficient (Wildman–Crippen LogP) is 4.74. The van der Waals surface area contributed by atoms with Crippen molar-refractivity contribution in [2.24, 2.45) is 0 Å². The van der Waals surface area contributed by atoms with Gasteiger partial charge in [-0.2, -0.15) is 0 Å². The van der Waals surface area contributed by atoms with Gasteiger partial charge in [0.05, 0.1) is 17.7 Å². The maximum absolute atomic E-state index is 12.5. The fourth-order valence-corrected chi connectivity index (χ4v) is 3.30. The first-order valence-corrected chi connectivity index (χ1v) is 8.81. The number of esters is 1. The highest BCUT2D eigenvalue weighted by molar-refractivity contribution is 9.09. The molecule has 0 N–H and O–H groups in total. The summed E-state index contributed by atoms with van der Waals surface area (Å²) in [6, 6.07) is 18.1. The molecule has 1 aromatic heterocycles. The Bertz CT molecular complexity index is 824. The number of rotatable bonds is 5. The van der Waals surface area contributed by atoms with Crippen LogP contribution < -0.4 is 0 Å². The zero-order valence-corrected chi connectivity index (χ0v) is 14.5. The lowest BCUT2D eigenvalue weighted by Gasteiger charge is -2.11. The molecule has 3 nitrogen and oxygen atoms in total. The van der Waals surface area contributed by atoms with Crippen LogP contribution >= 0.6 is 15.9 Å². The van der Waals surface area contributed by atoms with Crippen LogP contribution in [0.5, 0.6) is 0 Å². The first kappa shape index (κ1) is 15.8. The quantitative estimate of drug-likeness (QED) is 0.478. The van der Waals surface area contributed by atoms with Crippen LogP contribution in [0.4, 0.5) is 0 Å². The smallest absolute Gasteiger partial charge is 0.340 e. The maximum Gasteiger partial charge on any atom is 0.340 e. The van der Waals surface area contributed by atoms with Crippen molar-refractivity contribution in [3.63, 3.8) is 0 Å². The lowest BCUT2D eigenvalue weighted by atomic mass is 10.1. The minimum atomic E-state index is -0.255. The fraction of sp³-hybridized carbons (Fsp3) is 0.211. The second-order valence-electron chi connectivity index (χ2n) is 5.17. The Kier molecular flexibility index (Phi) is 4.82. The Hall–Kier alpha value is -2.07. The van der Waals surface area contributed by atoms with Crippen molar-refractivity contribution in [2.45, 2.75) is 13.3 Å². The highest BCUT2D eigenvalue weighted by Gasteiger charge is 2.23. The van der Waals surface area contributed by atoms with Gasteiger partial charge in [0.25, 0.3) is 0 Å². The van der Waals surface area contributed by atoms with Crippen LogP contribution in [0, 0.1) is 0 Å². The number of aromatic nitrogens is 1. The zero-order chi connectivity index (χ0) is 16.2. The van der Waals surface area contributed by atoms with Gasteiger partial charge in [0.2, 0.25) is 0 Å². The summed E-state index contributed by atoms with van der Waals surface area (Å²) in [4.78, 5) is 12.5. The number of benzene rings is 2. The molecule has 0 amide bonds. The summed E-state index contributed by atoms with van der Waals surface area (Å²) in [5.41, 5.74) is 3.73. The van der Waals surface area contributed by atoms with Gasteiger partial charge in [0.1, 0.15) is 0 Å². The van der Waals surface area contributed by atoms with Crippen LogP contribution in [-0.4, -0.2) is 22.5 Å². The summed E-state index contributed by atoms with van der Waals surface area (Å²) >= 11 is 3.51. The molecular weight excluding hydrogens is 354 g/mol. The van der Waals surface area contributed by atoms with Gasteiger partial charge in [-0.25, -0.2) is 4.79 Å². The van der Waals surface area contributed by atoms with Crippen LogP contribution in [0.1, 0.15) is 23.0 Å². The van der Waals surface area contributed by atoms with E-state index >= 15 is 0 Å². The van der Waals surface area contributed by atoms with Crippen LogP contribution in [0.25, 0.3) is 16.6 Å². The third-order valence-electron chi connectivity index (χ3n) is 3.80. The molecule has 23 heavy (non-hydrogen) atoms. The topological polar surface area (TPSA) is 31.2 Å². The van der Waals surface area contributed by atoms with Crippen molar-refractivity contribution in [3.05, 3.63) is 65.9 Å². The number of para-hydroxylation sites is 2. The Morgan fingerprint density at radius 1 is 1.09 bits per heavy atom. The Morgan fingerprint density at radius 3 is 2.48 bits per heavy atom. The van der Waals surface area contributed by atoms with Crippen molar-refractivity contribution in [1.82, 2.24) is 4.57 Å². The summed E-state index contributed by atoms with van der Waals surface area (Å²) in [6.45, 7) is 2.20. The summed E-state index contributed by atoms with van der Waals surface area (Å²) < 4.78 is 7.46. The van der Waals surface area contributed by atoms with E-state index in [2.05, 4.69) is 32.6 Å². The van der Waals surface area contributed by atoms with Crippen molar-refractivity contribution in [3.8, 4) is 5.69 Å². The molecule has 118 valence electrons. The van der Waals surface area contributed by atoms with E-state index < -0.39 is 0 Å². The van der Waals surface area contributed by atoms with Gasteiger partial charge in [-0.1, -0.05) is 52.3 Å². The van der Waals surface area contributed by atoms with E-state index in [9.17, 15) is 4.79 Å². The number of carbonyl (C=O) groups is 1. The molecule has 3 rings (SSSR count). The van der Waals surface area contributed by atoms with E-state index in [0.717, 1.165) is 34.0 Å². The molecule has 0 radical (unpaired) electrons.